The van der Waals surface area contributed by atoms with Gasteiger partial charge in [-0.15, -0.1) is 0 Å². The molecule has 0 radical (unpaired) electrons. The average Bonchev–Trinajstić information content (AvgIpc) is 2.35. The van der Waals surface area contributed by atoms with Crippen LogP contribution >= 0.6 is 0 Å². The fraction of sp³-hybridized carbons (Fsp3) is 0.500. The number of benzene rings is 1. The van der Waals surface area contributed by atoms with Gasteiger partial charge in [-0.3, -0.25) is 4.79 Å². The normalized spacial score (nSPS) is 12.1. The zero-order valence-corrected chi connectivity index (χ0v) is 11.6. The first kappa shape index (κ1) is 15.4. The lowest BCUT2D eigenvalue weighted by Crippen LogP contribution is -2.35. The SMILES string of the molecule is CCCNC(=O)CN(C)c1ccc(C(C)O)cc1F. The van der Waals surface area contributed by atoms with Crippen LogP contribution in [0.3, 0.4) is 0 Å². The highest BCUT2D eigenvalue weighted by molar-refractivity contribution is 5.81. The van der Waals surface area contributed by atoms with Crippen molar-refractivity contribution in [2.24, 2.45) is 0 Å². The van der Waals surface area contributed by atoms with Gasteiger partial charge in [0.2, 0.25) is 5.91 Å². The molecule has 2 N–H and O–H groups in total. The highest BCUT2D eigenvalue weighted by Gasteiger charge is 2.12. The molecule has 0 bridgehead atoms. The third-order valence-electron chi connectivity index (χ3n) is 2.82. The van der Waals surface area contributed by atoms with E-state index in [2.05, 4.69) is 5.32 Å². The summed E-state index contributed by atoms with van der Waals surface area (Å²) in [5.74, 6) is -0.576. The summed E-state index contributed by atoms with van der Waals surface area (Å²) in [5.41, 5.74) is 0.862. The number of nitrogens with zero attached hydrogens (tertiary/aromatic N) is 1. The van der Waals surface area contributed by atoms with Crippen molar-refractivity contribution in [2.45, 2.75) is 26.4 Å². The topological polar surface area (TPSA) is 52.6 Å². The maximum atomic E-state index is 13.9. The Hall–Kier alpha value is -1.62. The van der Waals surface area contributed by atoms with E-state index in [1.807, 2.05) is 6.92 Å². The molecule has 19 heavy (non-hydrogen) atoms. The van der Waals surface area contributed by atoms with Crippen LogP contribution in [0.2, 0.25) is 0 Å². The summed E-state index contributed by atoms with van der Waals surface area (Å²) in [6.45, 7) is 4.27. The number of carbonyl (C=O) groups excluding carboxylic acids is 1. The number of rotatable bonds is 6. The molecule has 0 aromatic heterocycles. The van der Waals surface area contributed by atoms with Crippen molar-refractivity contribution in [3.8, 4) is 0 Å². The summed E-state index contributed by atoms with van der Waals surface area (Å²) in [6.07, 6.45) is 0.161. The van der Waals surface area contributed by atoms with E-state index in [0.717, 1.165) is 6.42 Å². The van der Waals surface area contributed by atoms with Crippen molar-refractivity contribution >= 4 is 11.6 Å². The number of aliphatic hydroxyl groups is 1. The maximum Gasteiger partial charge on any atom is 0.239 e. The Morgan fingerprint density at radius 2 is 2.21 bits per heavy atom. The molecule has 1 rings (SSSR count). The molecule has 1 unspecified atom stereocenters. The molecule has 1 aromatic rings. The molecule has 0 saturated carbocycles. The Kier molecular flexibility index (Phi) is 5.76. The number of aliphatic hydroxyl groups excluding tert-OH is 1. The zero-order valence-electron chi connectivity index (χ0n) is 11.6. The Labute approximate surface area is 113 Å². The van der Waals surface area contributed by atoms with Crippen molar-refractivity contribution in [1.82, 2.24) is 5.32 Å². The molecule has 0 fully saturated rings. The number of halogens is 1. The van der Waals surface area contributed by atoms with Gasteiger partial charge in [0.25, 0.3) is 0 Å². The van der Waals surface area contributed by atoms with Crippen LogP contribution < -0.4 is 10.2 Å². The molecule has 0 spiro atoms. The Bertz CT molecular complexity index is 435. The number of anilines is 1. The van der Waals surface area contributed by atoms with E-state index >= 15 is 0 Å². The Balaban J connectivity index is 2.71. The average molecular weight is 268 g/mol. The van der Waals surface area contributed by atoms with E-state index in [9.17, 15) is 14.3 Å². The monoisotopic (exact) mass is 268 g/mol. The van der Waals surface area contributed by atoms with Crippen LogP contribution in [0.15, 0.2) is 18.2 Å². The molecule has 106 valence electrons. The smallest absolute Gasteiger partial charge is 0.239 e. The van der Waals surface area contributed by atoms with Crippen molar-refractivity contribution in [3.05, 3.63) is 29.6 Å². The van der Waals surface area contributed by atoms with Gasteiger partial charge in [-0.1, -0.05) is 13.0 Å². The number of hydrogen-bond acceptors (Lipinski definition) is 3. The lowest BCUT2D eigenvalue weighted by Gasteiger charge is -2.20. The van der Waals surface area contributed by atoms with Crippen LogP contribution in [0.1, 0.15) is 31.9 Å². The minimum absolute atomic E-state index is 0.102. The molecule has 0 aliphatic carbocycles. The van der Waals surface area contributed by atoms with Crippen LogP contribution in [0.5, 0.6) is 0 Å². The first-order chi connectivity index (χ1) is 8.95. The zero-order chi connectivity index (χ0) is 14.4. The van der Waals surface area contributed by atoms with Gasteiger partial charge in [0.15, 0.2) is 0 Å². The second-order valence-corrected chi connectivity index (χ2v) is 4.59. The predicted molar refractivity (Wildman–Crippen MR) is 73.6 cm³/mol. The predicted octanol–water partition coefficient (Wildman–Crippen LogP) is 1.84. The highest BCUT2D eigenvalue weighted by Crippen LogP contribution is 2.22. The third kappa shape index (κ3) is 4.52. The number of nitrogens with one attached hydrogen (secondary N) is 1. The number of likely N-dealkylation sites (N-methyl/N-ethyl adjacent to an activating group) is 1. The molecule has 1 amide bonds. The molecular formula is C14H21FN2O2. The fourth-order valence-corrected chi connectivity index (χ4v) is 1.71. The van der Waals surface area contributed by atoms with E-state index in [0.29, 0.717) is 17.8 Å². The number of hydrogen-bond donors (Lipinski definition) is 2. The summed E-state index contributed by atoms with van der Waals surface area (Å²) in [4.78, 5) is 13.1. The second-order valence-electron chi connectivity index (χ2n) is 4.59. The van der Waals surface area contributed by atoms with Gasteiger partial charge in [-0.25, -0.2) is 4.39 Å². The quantitative estimate of drug-likeness (QED) is 0.827. The molecule has 5 heteroatoms. The fourth-order valence-electron chi connectivity index (χ4n) is 1.71. The van der Waals surface area contributed by atoms with Crippen molar-refractivity contribution in [1.29, 1.82) is 0 Å². The molecule has 1 atom stereocenters. The highest BCUT2D eigenvalue weighted by atomic mass is 19.1. The van der Waals surface area contributed by atoms with Crippen LogP contribution in [0.25, 0.3) is 0 Å². The summed E-state index contributed by atoms with van der Waals surface area (Å²) in [5, 5.41) is 12.1. The van der Waals surface area contributed by atoms with Crippen LogP contribution in [0, 0.1) is 5.82 Å². The molecular weight excluding hydrogens is 247 g/mol. The second kappa shape index (κ2) is 7.09. The molecule has 0 saturated heterocycles. The molecule has 0 aliphatic heterocycles. The molecule has 4 nitrogen and oxygen atoms in total. The maximum absolute atomic E-state index is 13.9. The standard InChI is InChI=1S/C14H21FN2O2/c1-4-7-16-14(19)9-17(3)13-6-5-11(10(2)18)8-12(13)15/h5-6,8,10,18H,4,7,9H2,1-3H3,(H,16,19). The van der Waals surface area contributed by atoms with Crippen molar-refractivity contribution < 1.29 is 14.3 Å². The minimum atomic E-state index is -0.707. The molecule has 0 aliphatic rings. The first-order valence-corrected chi connectivity index (χ1v) is 6.41. The lowest BCUT2D eigenvalue weighted by molar-refractivity contribution is -0.119. The largest absolute Gasteiger partial charge is 0.389 e. The van der Waals surface area contributed by atoms with Crippen molar-refractivity contribution in [2.75, 3.05) is 25.0 Å². The summed E-state index contributed by atoms with van der Waals surface area (Å²) in [7, 11) is 1.66. The van der Waals surface area contributed by atoms with E-state index < -0.39 is 11.9 Å². The third-order valence-corrected chi connectivity index (χ3v) is 2.82. The van der Waals surface area contributed by atoms with E-state index in [1.165, 1.54) is 6.07 Å². The van der Waals surface area contributed by atoms with Crippen LogP contribution in [0.4, 0.5) is 10.1 Å². The number of carbonyl (C=O) groups is 1. The van der Waals surface area contributed by atoms with Crippen molar-refractivity contribution in [3.63, 3.8) is 0 Å². The minimum Gasteiger partial charge on any atom is -0.389 e. The summed E-state index contributed by atoms with van der Waals surface area (Å²) < 4.78 is 13.9. The van der Waals surface area contributed by atoms with Gasteiger partial charge in [0.1, 0.15) is 5.82 Å². The lowest BCUT2D eigenvalue weighted by atomic mass is 10.1. The van der Waals surface area contributed by atoms with Gasteiger partial charge in [-0.05, 0) is 31.0 Å². The van der Waals surface area contributed by atoms with Crippen LogP contribution in [-0.2, 0) is 4.79 Å². The van der Waals surface area contributed by atoms with Gasteiger partial charge >= 0.3 is 0 Å². The summed E-state index contributed by atoms with van der Waals surface area (Å²) in [6, 6.07) is 4.52. The van der Waals surface area contributed by atoms with Gasteiger partial charge in [0.05, 0.1) is 18.3 Å². The van der Waals surface area contributed by atoms with Gasteiger partial charge < -0.3 is 15.3 Å². The number of amides is 1. The van der Waals surface area contributed by atoms with E-state index in [4.69, 9.17) is 0 Å². The summed E-state index contributed by atoms with van der Waals surface area (Å²) >= 11 is 0. The van der Waals surface area contributed by atoms with E-state index in [-0.39, 0.29) is 12.5 Å². The Morgan fingerprint density at radius 1 is 1.53 bits per heavy atom. The van der Waals surface area contributed by atoms with Crippen LogP contribution in [-0.4, -0.2) is 31.2 Å². The van der Waals surface area contributed by atoms with E-state index in [1.54, 1.807) is 31.0 Å². The first-order valence-electron chi connectivity index (χ1n) is 6.41. The van der Waals surface area contributed by atoms with Gasteiger partial charge in [0, 0.05) is 13.6 Å². The molecule has 0 heterocycles. The molecule has 1 aromatic carbocycles. The Morgan fingerprint density at radius 3 is 2.74 bits per heavy atom. The van der Waals surface area contributed by atoms with Gasteiger partial charge in [-0.2, -0.15) is 0 Å².